The van der Waals surface area contributed by atoms with Crippen LogP contribution in [-0.2, 0) is 0 Å². The van der Waals surface area contributed by atoms with Gasteiger partial charge >= 0.3 is 0 Å². The Morgan fingerprint density at radius 2 is 2.04 bits per heavy atom. The van der Waals surface area contributed by atoms with Gasteiger partial charge in [-0.3, -0.25) is 9.78 Å². The van der Waals surface area contributed by atoms with Crippen LogP contribution in [0, 0.1) is 6.92 Å². The van der Waals surface area contributed by atoms with Crippen molar-refractivity contribution >= 4 is 39.0 Å². The van der Waals surface area contributed by atoms with E-state index in [4.69, 9.17) is 4.74 Å². The quantitative estimate of drug-likeness (QED) is 0.532. The molecule has 1 amide bonds. The lowest BCUT2D eigenvalue weighted by Gasteiger charge is -2.07. The fourth-order valence-corrected chi connectivity index (χ4v) is 2.90. The van der Waals surface area contributed by atoms with E-state index in [0.29, 0.717) is 11.3 Å². The second-order valence-electron chi connectivity index (χ2n) is 5.41. The van der Waals surface area contributed by atoms with Crippen LogP contribution in [0.15, 0.2) is 58.1 Å². The first-order valence-corrected chi connectivity index (χ1v) is 8.41. The van der Waals surface area contributed by atoms with E-state index in [9.17, 15) is 4.79 Å². The van der Waals surface area contributed by atoms with Gasteiger partial charge in [0, 0.05) is 21.1 Å². The zero-order valence-electron chi connectivity index (χ0n) is 13.8. The summed E-state index contributed by atoms with van der Waals surface area (Å²) in [5.41, 5.74) is 5.43. The zero-order chi connectivity index (χ0) is 17.8. The number of hydrogen-bond donors (Lipinski definition) is 1. The van der Waals surface area contributed by atoms with Gasteiger partial charge in [0.05, 0.1) is 24.4 Å². The van der Waals surface area contributed by atoms with Crippen LogP contribution in [0.1, 0.15) is 21.6 Å². The van der Waals surface area contributed by atoms with Gasteiger partial charge in [0.15, 0.2) is 0 Å². The number of aromatic nitrogens is 1. The SMILES string of the molecule is COc1ccc(Br)cc1/C=N/NC(=O)c1cc(C)nc2ccccc12. The third-order valence-corrected chi connectivity index (χ3v) is 4.14. The maximum absolute atomic E-state index is 12.5. The maximum Gasteiger partial charge on any atom is 0.272 e. The first-order valence-electron chi connectivity index (χ1n) is 7.62. The summed E-state index contributed by atoms with van der Waals surface area (Å²) in [5.74, 6) is 0.387. The number of methoxy groups -OCH3 is 1. The van der Waals surface area contributed by atoms with Gasteiger partial charge in [-0.05, 0) is 37.3 Å². The monoisotopic (exact) mass is 397 g/mol. The maximum atomic E-state index is 12.5. The van der Waals surface area contributed by atoms with Crippen molar-refractivity contribution in [2.45, 2.75) is 6.92 Å². The first-order chi connectivity index (χ1) is 12.1. The Bertz CT molecular complexity index is 970. The predicted octanol–water partition coefficient (Wildman–Crippen LogP) is 4.08. The van der Waals surface area contributed by atoms with E-state index in [1.807, 2.05) is 49.4 Å². The Labute approximate surface area is 153 Å². The fourth-order valence-electron chi connectivity index (χ4n) is 2.52. The minimum absolute atomic E-state index is 0.285. The molecule has 0 fully saturated rings. The summed E-state index contributed by atoms with van der Waals surface area (Å²) in [7, 11) is 1.59. The Morgan fingerprint density at radius 3 is 2.84 bits per heavy atom. The molecule has 126 valence electrons. The fraction of sp³-hybridized carbons (Fsp3) is 0.105. The number of carbonyl (C=O) groups excluding carboxylic acids is 1. The highest BCUT2D eigenvalue weighted by Crippen LogP contribution is 2.21. The van der Waals surface area contributed by atoms with Gasteiger partial charge in [-0.1, -0.05) is 34.1 Å². The Morgan fingerprint density at radius 1 is 1.24 bits per heavy atom. The van der Waals surface area contributed by atoms with E-state index < -0.39 is 0 Å². The predicted molar refractivity (Wildman–Crippen MR) is 102 cm³/mol. The van der Waals surface area contributed by atoms with E-state index >= 15 is 0 Å². The molecule has 0 unspecified atom stereocenters. The van der Waals surface area contributed by atoms with Gasteiger partial charge in [0.2, 0.25) is 0 Å². The van der Waals surface area contributed by atoms with Crippen LogP contribution in [0.2, 0.25) is 0 Å². The van der Waals surface area contributed by atoms with E-state index in [2.05, 4.69) is 31.4 Å². The number of halogens is 1. The number of para-hydroxylation sites is 1. The summed E-state index contributed by atoms with van der Waals surface area (Å²) in [6, 6.07) is 14.9. The van der Waals surface area contributed by atoms with E-state index in [0.717, 1.165) is 26.6 Å². The number of aryl methyl sites for hydroxylation is 1. The van der Waals surface area contributed by atoms with Crippen LogP contribution in [0.5, 0.6) is 5.75 Å². The normalized spacial score (nSPS) is 11.0. The molecule has 3 rings (SSSR count). The number of benzene rings is 2. The molecule has 1 N–H and O–H groups in total. The van der Waals surface area contributed by atoms with Crippen molar-refractivity contribution in [1.82, 2.24) is 10.4 Å². The molecule has 0 bridgehead atoms. The highest BCUT2D eigenvalue weighted by molar-refractivity contribution is 9.10. The van der Waals surface area contributed by atoms with E-state index in [1.54, 1.807) is 19.4 Å². The average Bonchev–Trinajstić information content (AvgIpc) is 2.61. The molecule has 0 spiro atoms. The highest BCUT2D eigenvalue weighted by Gasteiger charge is 2.11. The molecule has 0 saturated heterocycles. The molecule has 25 heavy (non-hydrogen) atoms. The molecule has 2 aromatic carbocycles. The molecule has 0 saturated carbocycles. The molecule has 6 heteroatoms. The van der Waals surface area contributed by atoms with Crippen molar-refractivity contribution in [2.24, 2.45) is 5.10 Å². The molecule has 5 nitrogen and oxygen atoms in total. The number of rotatable bonds is 4. The molecular weight excluding hydrogens is 382 g/mol. The third kappa shape index (κ3) is 3.85. The number of nitrogens with zero attached hydrogens (tertiary/aromatic N) is 2. The first kappa shape index (κ1) is 17.1. The van der Waals surface area contributed by atoms with Gasteiger partial charge in [-0.2, -0.15) is 5.10 Å². The molecule has 0 radical (unpaired) electrons. The topological polar surface area (TPSA) is 63.6 Å². The standard InChI is InChI=1S/C19H16BrN3O2/c1-12-9-16(15-5-3-4-6-17(15)22-12)19(24)23-21-11-13-10-14(20)7-8-18(13)25-2/h3-11H,1-2H3,(H,23,24)/b21-11+. The number of hydrogen-bond acceptors (Lipinski definition) is 4. The van der Waals surface area contributed by atoms with E-state index in [1.165, 1.54) is 0 Å². The number of hydrazone groups is 1. The minimum atomic E-state index is -0.285. The number of ether oxygens (including phenoxy) is 1. The molecule has 0 atom stereocenters. The molecule has 3 aromatic rings. The van der Waals surface area contributed by atoms with Crippen molar-refractivity contribution in [3.8, 4) is 5.75 Å². The van der Waals surface area contributed by atoms with Crippen molar-refractivity contribution < 1.29 is 9.53 Å². The molecule has 1 aromatic heterocycles. The molecule has 0 aliphatic carbocycles. The van der Waals surface area contributed by atoms with Gasteiger partial charge in [-0.15, -0.1) is 0 Å². The Hall–Kier alpha value is -2.73. The van der Waals surface area contributed by atoms with Crippen molar-refractivity contribution in [3.05, 3.63) is 69.8 Å². The number of amides is 1. The number of fused-ring (bicyclic) bond motifs is 1. The van der Waals surface area contributed by atoms with Crippen LogP contribution in [0.4, 0.5) is 0 Å². The van der Waals surface area contributed by atoms with Crippen LogP contribution >= 0.6 is 15.9 Å². The molecular formula is C19H16BrN3O2. The van der Waals surface area contributed by atoms with Gasteiger partial charge in [-0.25, -0.2) is 5.43 Å². The van der Waals surface area contributed by atoms with Crippen LogP contribution in [0.3, 0.4) is 0 Å². The smallest absolute Gasteiger partial charge is 0.272 e. The molecule has 0 aliphatic heterocycles. The summed E-state index contributed by atoms with van der Waals surface area (Å²) in [6.45, 7) is 1.86. The highest BCUT2D eigenvalue weighted by atomic mass is 79.9. The van der Waals surface area contributed by atoms with Crippen LogP contribution < -0.4 is 10.2 Å². The summed E-state index contributed by atoms with van der Waals surface area (Å²) in [5, 5.41) is 4.85. The lowest BCUT2D eigenvalue weighted by molar-refractivity contribution is 0.0956. The number of carbonyl (C=O) groups is 1. The summed E-state index contributed by atoms with van der Waals surface area (Å²) < 4.78 is 6.18. The summed E-state index contributed by atoms with van der Waals surface area (Å²) in [6.07, 6.45) is 1.55. The number of nitrogens with one attached hydrogen (secondary N) is 1. The largest absolute Gasteiger partial charge is 0.496 e. The van der Waals surface area contributed by atoms with Gasteiger partial charge < -0.3 is 4.74 Å². The third-order valence-electron chi connectivity index (χ3n) is 3.65. The summed E-state index contributed by atoms with van der Waals surface area (Å²) in [4.78, 5) is 17.0. The minimum Gasteiger partial charge on any atom is -0.496 e. The second kappa shape index (κ2) is 7.44. The zero-order valence-corrected chi connectivity index (χ0v) is 15.4. The van der Waals surface area contributed by atoms with Gasteiger partial charge in [0.25, 0.3) is 5.91 Å². The van der Waals surface area contributed by atoms with Crippen molar-refractivity contribution in [1.29, 1.82) is 0 Å². The lowest BCUT2D eigenvalue weighted by atomic mass is 10.1. The Kier molecular flexibility index (Phi) is 5.09. The van der Waals surface area contributed by atoms with Crippen LogP contribution in [0.25, 0.3) is 10.9 Å². The molecule has 0 aliphatic rings. The average molecular weight is 398 g/mol. The van der Waals surface area contributed by atoms with Crippen molar-refractivity contribution in [3.63, 3.8) is 0 Å². The lowest BCUT2D eigenvalue weighted by Crippen LogP contribution is -2.18. The van der Waals surface area contributed by atoms with Crippen molar-refractivity contribution in [2.75, 3.05) is 7.11 Å². The molecule has 1 heterocycles. The van der Waals surface area contributed by atoms with Gasteiger partial charge in [0.1, 0.15) is 5.75 Å². The summed E-state index contributed by atoms with van der Waals surface area (Å²) >= 11 is 3.41. The van der Waals surface area contributed by atoms with Crippen LogP contribution in [-0.4, -0.2) is 24.2 Å². The second-order valence-corrected chi connectivity index (χ2v) is 6.33. The van der Waals surface area contributed by atoms with E-state index in [-0.39, 0.29) is 5.91 Å². The number of pyridine rings is 1. The Balaban J connectivity index is 1.85.